The monoisotopic (exact) mass is 755 g/mol. The van der Waals surface area contributed by atoms with E-state index in [1.807, 2.05) is 80.1 Å². The molecule has 0 atom stereocenters. The van der Waals surface area contributed by atoms with Crippen molar-refractivity contribution in [3.05, 3.63) is 78.2 Å². The van der Waals surface area contributed by atoms with Crippen molar-refractivity contribution in [1.29, 1.82) is 0 Å². The largest absolute Gasteiger partial charge is 0.497 e. The first kappa shape index (κ1) is 39.8. The van der Waals surface area contributed by atoms with Crippen LogP contribution >= 0.6 is 0 Å². The Labute approximate surface area is 319 Å². The van der Waals surface area contributed by atoms with Crippen LogP contribution in [0.2, 0.25) is 0 Å². The van der Waals surface area contributed by atoms with Crippen LogP contribution < -0.4 is 39.3 Å². The van der Waals surface area contributed by atoms with Gasteiger partial charge in [0.1, 0.15) is 75.5 Å². The highest BCUT2D eigenvalue weighted by molar-refractivity contribution is 6.03. The number of rotatable bonds is 16. The molecule has 1 heterocycles. The molecule has 290 valence electrons. The van der Waals surface area contributed by atoms with E-state index in [0.29, 0.717) is 28.6 Å². The van der Waals surface area contributed by atoms with Crippen molar-refractivity contribution in [2.75, 3.05) is 105 Å². The molecule has 0 radical (unpaired) electrons. The fourth-order valence-electron chi connectivity index (χ4n) is 5.89. The van der Waals surface area contributed by atoms with Gasteiger partial charge in [0, 0.05) is 54.5 Å². The van der Waals surface area contributed by atoms with Crippen molar-refractivity contribution in [2.24, 2.45) is 0 Å². The van der Waals surface area contributed by atoms with E-state index >= 15 is 0 Å². The number of nitrogens with one attached hydrogen (secondary N) is 1. The molecule has 0 saturated heterocycles. The Kier molecular flexibility index (Phi) is 13.1. The summed E-state index contributed by atoms with van der Waals surface area (Å²) in [4.78, 5) is 40.2. The van der Waals surface area contributed by atoms with Crippen LogP contribution in [-0.2, 0) is 28.6 Å². The minimum absolute atomic E-state index is 0.0574. The number of carbonyl (C=O) groups excluding carboxylic acids is 3. The molecule has 55 heavy (non-hydrogen) atoms. The van der Waals surface area contributed by atoms with Gasteiger partial charge >= 0.3 is 17.9 Å². The minimum Gasteiger partial charge on any atom is -0.497 e. The normalized spacial score (nSPS) is 10.8. The SMILES string of the molecule is COC(=O)CNc1ccc(-c2c3ccc(=[N+](C)C)cc-3oc3cc(N(C)C)ccc23)cc1OCCOc1cc(OC)ccc1N(CC(=O)OC)CC(=O)OC. The predicted molar refractivity (Wildman–Crippen MR) is 210 cm³/mol. The Hall–Kier alpha value is -6.44. The van der Waals surface area contributed by atoms with Crippen molar-refractivity contribution in [2.45, 2.75) is 0 Å². The number of esters is 3. The Morgan fingerprint density at radius 1 is 0.745 bits per heavy atom. The topological polar surface area (TPSA) is 141 Å². The molecule has 1 aliphatic carbocycles. The van der Waals surface area contributed by atoms with Crippen LogP contribution in [0.3, 0.4) is 0 Å². The lowest BCUT2D eigenvalue weighted by atomic mass is 9.93. The quantitative estimate of drug-likeness (QED) is 0.0497. The Bertz CT molecular complexity index is 2190. The molecule has 0 unspecified atom stereocenters. The van der Waals surface area contributed by atoms with Crippen molar-refractivity contribution >= 4 is 45.9 Å². The molecule has 0 saturated carbocycles. The Balaban J connectivity index is 1.52. The summed E-state index contributed by atoms with van der Waals surface area (Å²) in [6, 6.07) is 23.0. The van der Waals surface area contributed by atoms with Crippen molar-refractivity contribution in [3.63, 3.8) is 0 Å². The first-order chi connectivity index (χ1) is 26.5. The second-order valence-electron chi connectivity index (χ2n) is 12.8. The number of methoxy groups -OCH3 is 4. The molecule has 0 fully saturated rings. The summed E-state index contributed by atoms with van der Waals surface area (Å²) in [5.41, 5.74) is 5.45. The van der Waals surface area contributed by atoms with Gasteiger partial charge in [0.2, 0.25) is 5.36 Å². The average Bonchev–Trinajstić information content (AvgIpc) is 3.19. The molecule has 3 aromatic carbocycles. The summed E-state index contributed by atoms with van der Waals surface area (Å²) in [5, 5.41) is 5.03. The molecule has 1 aliphatic heterocycles. The minimum atomic E-state index is -0.551. The Morgan fingerprint density at radius 2 is 1.44 bits per heavy atom. The van der Waals surface area contributed by atoms with Crippen LogP contribution in [0.15, 0.2) is 77.2 Å². The standard InChI is InChI=1S/C41H46N4O10/c1-43(2)27-10-13-30-34(20-27)55-35-21-28(44(3)4)11-14-31(35)41(30)26-9-15-32(42-23-38(46)50-6)36(19-26)53-17-18-54-37-22-29(49-5)12-16-33(37)45(24-39(47)51-7)25-40(48)52-8/h9-16,19-22H,17-18,23-25H2,1-8H3/p+1. The molecule has 2 aliphatic rings. The highest BCUT2D eigenvalue weighted by atomic mass is 16.5. The fourth-order valence-corrected chi connectivity index (χ4v) is 5.89. The third-order valence-electron chi connectivity index (χ3n) is 8.84. The average molecular weight is 756 g/mol. The van der Waals surface area contributed by atoms with Gasteiger partial charge in [0.15, 0.2) is 0 Å². The van der Waals surface area contributed by atoms with Gasteiger partial charge < -0.3 is 48.0 Å². The van der Waals surface area contributed by atoms with Gasteiger partial charge in [0.25, 0.3) is 0 Å². The molecule has 1 N–H and O–H groups in total. The maximum atomic E-state index is 12.3. The molecular weight excluding hydrogens is 708 g/mol. The van der Waals surface area contributed by atoms with Gasteiger partial charge in [0.05, 0.1) is 45.9 Å². The van der Waals surface area contributed by atoms with E-state index in [1.165, 1.54) is 33.3 Å². The van der Waals surface area contributed by atoms with E-state index < -0.39 is 17.9 Å². The van der Waals surface area contributed by atoms with Crippen molar-refractivity contribution < 1.29 is 47.2 Å². The van der Waals surface area contributed by atoms with Gasteiger partial charge in [-0.3, -0.25) is 14.4 Å². The summed E-state index contributed by atoms with van der Waals surface area (Å²) in [5.74, 6) is 0.481. The summed E-state index contributed by atoms with van der Waals surface area (Å²) in [6.07, 6.45) is 0. The first-order valence-electron chi connectivity index (χ1n) is 17.4. The summed E-state index contributed by atoms with van der Waals surface area (Å²) in [6.45, 7) is -0.401. The van der Waals surface area contributed by atoms with Gasteiger partial charge in [-0.1, -0.05) is 6.07 Å². The van der Waals surface area contributed by atoms with E-state index in [2.05, 4.69) is 17.4 Å². The van der Waals surface area contributed by atoms with Crippen LogP contribution in [0.25, 0.3) is 33.4 Å². The molecule has 14 nitrogen and oxygen atoms in total. The maximum Gasteiger partial charge on any atom is 0.325 e. The third kappa shape index (κ3) is 9.57. The number of carbonyl (C=O) groups is 3. The summed E-state index contributed by atoms with van der Waals surface area (Å²) >= 11 is 0. The van der Waals surface area contributed by atoms with E-state index in [4.69, 9.17) is 32.8 Å². The maximum absolute atomic E-state index is 12.3. The van der Waals surface area contributed by atoms with Gasteiger partial charge in [-0.2, -0.15) is 0 Å². The lowest BCUT2D eigenvalue weighted by Gasteiger charge is -2.25. The smallest absolute Gasteiger partial charge is 0.325 e. The first-order valence-corrected chi connectivity index (χ1v) is 17.4. The van der Waals surface area contributed by atoms with Gasteiger partial charge in [-0.05, 0) is 48.0 Å². The van der Waals surface area contributed by atoms with Crippen LogP contribution in [0.5, 0.6) is 17.2 Å². The molecule has 0 bridgehead atoms. The number of anilines is 3. The molecule has 5 rings (SSSR count). The Morgan fingerprint density at radius 3 is 2.07 bits per heavy atom. The fraction of sp³-hybridized carbons (Fsp3) is 0.317. The van der Waals surface area contributed by atoms with Crippen LogP contribution in [0, 0.1) is 0 Å². The molecule has 14 heteroatoms. The van der Waals surface area contributed by atoms with E-state index in [9.17, 15) is 14.4 Å². The number of benzene rings is 4. The zero-order valence-electron chi connectivity index (χ0n) is 32.4. The number of hydrogen-bond donors (Lipinski definition) is 1. The van der Waals surface area contributed by atoms with Crippen LogP contribution in [0.4, 0.5) is 17.1 Å². The number of ether oxygens (including phenoxy) is 6. The second kappa shape index (κ2) is 18.1. The van der Waals surface area contributed by atoms with Crippen molar-refractivity contribution in [3.8, 4) is 39.7 Å². The highest BCUT2D eigenvalue weighted by Crippen LogP contribution is 2.43. The zero-order valence-corrected chi connectivity index (χ0v) is 32.4. The number of hydrogen-bond acceptors (Lipinski definition) is 13. The second-order valence-corrected chi connectivity index (χ2v) is 12.8. The van der Waals surface area contributed by atoms with E-state index in [-0.39, 0.29) is 32.8 Å². The lowest BCUT2D eigenvalue weighted by Crippen LogP contribution is -2.36. The van der Waals surface area contributed by atoms with Crippen LogP contribution in [-0.4, -0.2) is 107 Å². The van der Waals surface area contributed by atoms with Gasteiger partial charge in [-0.15, -0.1) is 0 Å². The lowest BCUT2D eigenvalue weighted by molar-refractivity contribution is -0.140. The zero-order chi connectivity index (χ0) is 39.6. The van der Waals surface area contributed by atoms with E-state index in [1.54, 1.807) is 18.2 Å². The van der Waals surface area contributed by atoms with E-state index in [0.717, 1.165) is 44.5 Å². The van der Waals surface area contributed by atoms with Gasteiger partial charge in [-0.25, -0.2) is 4.58 Å². The third-order valence-corrected chi connectivity index (χ3v) is 8.84. The highest BCUT2D eigenvalue weighted by Gasteiger charge is 2.22. The summed E-state index contributed by atoms with van der Waals surface area (Å²) in [7, 11) is 13.3. The number of fused-ring (bicyclic) bond motifs is 2. The van der Waals surface area contributed by atoms with Crippen molar-refractivity contribution in [1.82, 2.24) is 4.58 Å². The predicted octanol–water partition coefficient (Wildman–Crippen LogP) is 4.51. The molecular formula is C41H47N4O10+. The van der Waals surface area contributed by atoms with Crippen LogP contribution in [0.1, 0.15) is 0 Å². The molecule has 0 amide bonds. The molecule has 3 aromatic rings. The molecule has 0 spiro atoms. The number of nitrogens with zero attached hydrogens (tertiary/aromatic N) is 3. The molecule has 0 aromatic heterocycles. The summed E-state index contributed by atoms with van der Waals surface area (Å²) < 4.78 is 41.1.